The third-order valence-corrected chi connectivity index (χ3v) is 5.75. The fourth-order valence-corrected chi connectivity index (χ4v) is 3.84. The van der Waals surface area contributed by atoms with Crippen molar-refractivity contribution >= 4 is 22.7 Å². The molecule has 0 spiro atoms. The molecule has 164 valence electrons. The van der Waals surface area contributed by atoms with Crippen LogP contribution in [0.2, 0.25) is 0 Å². The standard InChI is InChI=1S/C24H32N6O/c1-29-14-16-30(17-15-29)13-12-25-23-21-8-3-4-9-22(21)27-24(28-23)26-11-10-19-6-5-7-20(18-19)31-2/h3-9,18H,10-17H2,1-2H3,(H2,25,26,27,28). The molecule has 0 amide bonds. The molecule has 31 heavy (non-hydrogen) atoms. The van der Waals surface area contributed by atoms with Gasteiger partial charge in [-0.1, -0.05) is 24.3 Å². The van der Waals surface area contributed by atoms with Crippen LogP contribution in [-0.2, 0) is 6.42 Å². The van der Waals surface area contributed by atoms with E-state index in [2.05, 4.69) is 45.7 Å². The van der Waals surface area contributed by atoms with Crippen molar-refractivity contribution in [2.45, 2.75) is 6.42 Å². The molecule has 0 saturated carbocycles. The molecule has 1 saturated heterocycles. The van der Waals surface area contributed by atoms with Gasteiger partial charge in [-0.15, -0.1) is 0 Å². The van der Waals surface area contributed by atoms with Gasteiger partial charge in [-0.25, -0.2) is 4.98 Å². The Labute approximate surface area is 184 Å². The number of likely N-dealkylation sites (N-methyl/N-ethyl adjacent to an activating group) is 1. The number of para-hydroxylation sites is 1. The van der Waals surface area contributed by atoms with Crippen molar-refractivity contribution in [1.82, 2.24) is 19.8 Å². The highest BCUT2D eigenvalue weighted by atomic mass is 16.5. The van der Waals surface area contributed by atoms with Crippen LogP contribution in [0.25, 0.3) is 10.9 Å². The normalized spacial score (nSPS) is 15.2. The first-order chi connectivity index (χ1) is 15.2. The minimum absolute atomic E-state index is 0.656. The Morgan fingerprint density at radius 2 is 1.77 bits per heavy atom. The number of fused-ring (bicyclic) bond motifs is 1. The molecule has 1 aliphatic rings. The number of hydrogen-bond acceptors (Lipinski definition) is 7. The lowest BCUT2D eigenvalue weighted by molar-refractivity contribution is 0.158. The number of nitrogens with zero attached hydrogens (tertiary/aromatic N) is 4. The molecule has 2 heterocycles. The maximum Gasteiger partial charge on any atom is 0.225 e. The molecule has 0 aliphatic carbocycles. The number of nitrogens with one attached hydrogen (secondary N) is 2. The summed E-state index contributed by atoms with van der Waals surface area (Å²) in [7, 11) is 3.88. The summed E-state index contributed by atoms with van der Waals surface area (Å²) in [6, 6.07) is 16.3. The Bertz CT molecular complexity index is 987. The number of piperazine rings is 1. The van der Waals surface area contributed by atoms with Crippen molar-refractivity contribution in [2.75, 3.05) is 70.6 Å². The molecular formula is C24H32N6O. The molecule has 1 aromatic heterocycles. The van der Waals surface area contributed by atoms with Crippen molar-refractivity contribution in [3.8, 4) is 5.75 Å². The lowest BCUT2D eigenvalue weighted by Crippen LogP contribution is -2.45. The highest BCUT2D eigenvalue weighted by Crippen LogP contribution is 2.22. The van der Waals surface area contributed by atoms with Gasteiger partial charge in [0.2, 0.25) is 5.95 Å². The van der Waals surface area contributed by atoms with Crippen molar-refractivity contribution in [1.29, 1.82) is 0 Å². The second-order valence-electron chi connectivity index (χ2n) is 8.01. The van der Waals surface area contributed by atoms with E-state index in [-0.39, 0.29) is 0 Å². The predicted molar refractivity (Wildman–Crippen MR) is 127 cm³/mol. The highest BCUT2D eigenvalue weighted by molar-refractivity contribution is 5.90. The fourth-order valence-electron chi connectivity index (χ4n) is 3.84. The van der Waals surface area contributed by atoms with Crippen molar-refractivity contribution in [3.63, 3.8) is 0 Å². The SMILES string of the molecule is COc1cccc(CCNc2nc(NCCN3CCN(C)CC3)c3ccccc3n2)c1. The average Bonchev–Trinajstić information content (AvgIpc) is 2.80. The van der Waals surface area contributed by atoms with Crippen LogP contribution in [-0.4, -0.2) is 79.7 Å². The van der Waals surface area contributed by atoms with Crippen molar-refractivity contribution < 1.29 is 4.74 Å². The molecule has 0 bridgehead atoms. The van der Waals surface area contributed by atoms with Gasteiger partial charge >= 0.3 is 0 Å². The van der Waals surface area contributed by atoms with E-state index in [9.17, 15) is 0 Å². The zero-order valence-corrected chi connectivity index (χ0v) is 18.5. The van der Waals surface area contributed by atoms with Crippen LogP contribution in [0, 0.1) is 0 Å². The van der Waals surface area contributed by atoms with E-state index in [0.29, 0.717) is 5.95 Å². The molecule has 3 aromatic rings. The third-order valence-electron chi connectivity index (χ3n) is 5.75. The number of anilines is 2. The molecule has 0 unspecified atom stereocenters. The summed E-state index contributed by atoms with van der Waals surface area (Å²) in [6.07, 6.45) is 0.875. The zero-order chi connectivity index (χ0) is 21.5. The monoisotopic (exact) mass is 420 g/mol. The van der Waals surface area contributed by atoms with Crippen LogP contribution in [0.5, 0.6) is 5.75 Å². The molecule has 0 radical (unpaired) electrons. The lowest BCUT2D eigenvalue weighted by Gasteiger charge is -2.32. The molecule has 4 rings (SSSR count). The Morgan fingerprint density at radius 3 is 2.61 bits per heavy atom. The Kier molecular flexibility index (Phi) is 7.17. The minimum Gasteiger partial charge on any atom is -0.497 e. The number of rotatable bonds is 9. The van der Waals surface area contributed by atoms with Crippen LogP contribution in [0.15, 0.2) is 48.5 Å². The topological polar surface area (TPSA) is 65.6 Å². The molecule has 0 atom stereocenters. The van der Waals surface area contributed by atoms with E-state index in [1.807, 2.05) is 30.3 Å². The van der Waals surface area contributed by atoms with E-state index in [4.69, 9.17) is 14.7 Å². The fraction of sp³-hybridized carbons (Fsp3) is 0.417. The second kappa shape index (κ2) is 10.4. The Hall–Kier alpha value is -2.90. The molecule has 7 nitrogen and oxygen atoms in total. The lowest BCUT2D eigenvalue weighted by atomic mass is 10.1. The molecule has 2 N–H and O–H groups in total. The van der Waals surface area contributed by atoms with Gasteiger partial charge in [-0.3, -0.25) is 4.90 Å². The van der Waals surface area contributed by atoms with Crippen LogP contribution >= 0.6 is 0 Å². The van der Waals surface area contributed by atoms with E-state index in [0.717, 1.165) is 74.7 Å². The zero-order valence-electron chi connectivity index (χ0n) is 18.5. The van der Waals surface area contributed by atoms with Crippen LogP contribution < -0.4 is 15.4 Å². The number of hydrogen-bond donors (Lipinski definition) is 2. The molecule has 7 heteroatoms. The first-order valence-corrected chi connectivity index (χ1v) is 11.0. The largest absolute Gasteiger partial charge is 0.497 e. The van der Waals surface area contributed by atoms with Gasteiger partial charge in [-0.2, -0.15) is 4.98 Å². The van der Waals surface area contributed by atoms with Gasteiger partial charge in [0.15, 0.2) is 0 Å². The minimum atomic E-state index is 0.656. The molecule has 1 fully saturated rings. The number of ether oxygens (including phenoxy) is 1. The van der Waals surface area contributed by atoms with Crippen molar-refractivity contribution in [2.24, 2.45) is 0 Å². The summed E-state index contributed by atoms with van der Waals surface area (Å²) in [4.78, 5) is 14.4. The maximum absolute atomic E-state index is 5.31. The van der Waals surface area contributed by atoms with Crippen molar-refractivity contribution in [3.05, 3.63) is 54.1 Å². The molecular weight excluding hydrogens is 388 g/mol. The maximum atomic E-state index is 5.31. The highest BCUT2D eigenvalue weighted by Gasteiger charge is 2.13. The number of aromatic nitrogens is 2. The molecule has 2 aromatic carbocycles. The van der Waals surface area contributed by atoms with Gasteiger partial charge in [-0.05, 0) is 43.3 Å². The second-order valence-corrected chi connectivity index (χ2v) is 8.01. The van der Waals surface area contributed by atoms with Crippen LogP contribution in [0.1, 0.15) is 5.56 Å². The smallest absolute Gasteiger partial charge is 0.225 e. The van der Waals surface area contributed by atoms with Gasteiger partial charge in [0.25, 0.3) is 0 Å². The number of benzene rings is 2. The Balaban J connectivity index is 1.38. The van der Waals surface area contributed by atoms with Gasteiger partial charge in [0.05, 0.1) is 12.6 Å². The summed E-state index contributed by atoms with van der Waals surface area (Å²) >= 11 is 0. The van der Waals surface area contributed by atoms with Gasteiger partial charge in [0, 0.05) is 51.2 Å². The first kappa shape index (κ1) is 21.3. The summed E-state index contributed by atoms with van der Waals surface area (Å²) in [5.74, 6) is 2.43. The first-order valence-electron chi connectivity index (χ1n) is 11.0. The van der Waals surface area contributed by atoms with Gasteiger partial charge in [0.1, 0.15) is 11.6 Å². The number of methoxy groups -OCH3 is 1. The quantitative estimate of drug-likeness (QED) is 0.552. The summed E-state index contributed by atoms with van der Waals surface area (Å²) in [6.45, 7) is 7.17. The van der Waals surface area contributed by atoms with Gasteiger partial charge < -0.3 is 20.3 Å². The van der Waals surface area contributed by atoms with E-state index >= 15 is 0 Å². The summed E-state index contributed by atoms with van der Waals surface area (Å²) < 4.78 is 5.31. The Morgan fingerprint density at radius 1 is 0.935 bits per heavy atom. The summed E-state index contributed by atoms with van der Waals surface area (Å²) in [5, 5.41) is 7.99. The summed E-state index contributed by atoms with van der Waals surface area (Å²) in [5.41, 5.74) is 2.17. The average molecular weight is 421 g/mol. The van der Waals surface area contributed by atoms with Crippen LogP contribution in [0.3, 0.4) is 0 Å². The van der Waals surface area contributed by atoms with E-state index < -0.39 is 0 Å². The predicted octanol–water partition coefficient (Wildman–Crippen LogP) is 2.95. The third kappa shape index (κ3) is 5.83. The van der Waals surface area contributed by atoms with E-state index in [1.165, 1.54) is 5.56 Å². The molecule has 1 aliphatic heterocycles. The van der Waals surface area contributed by atoms with Crippen LogP contribution in [0.4, 0.5) is 11.8 Å². The van der Waals surface area contributed by atoms with E-state index in [1.54, 1.807) is 7.11 Å².